The van der Waals surface area contributed by atoms with Gasteiger partial charge in [0.2, 0.25) is 5.82 Å². The van der Waals surface area contributed by atoms with Crippen molar-refractivity contribution in [2.75, 3.05) is 5.32 Å². The Bertz CT molecular complexity index is 1070. The fourth-order valence-electron chi connectivity index (χ4n) is 1.90. The van der Waals surface area contributed by atoms with E-state index in [1.54, 1.807) is 45.2 Å². The van der Waals surface area contributed by atoms with Crippen molar-refractivity contribution >= 4 is 89.5 Å². The van der Waals surface area contributed by atoms with Gasteiger partial charge in [0.1, 0.15) is 15.7 Å². The van der Waals surface area contributed by atoms with Crippen molar-refractivity contribution in [2.45, 2.75) is 4.90 Å². The minimum atomic E-state index is -4.98. The van der Waals surface area contributed by atoms with Crippen molar-refractivity contribution in [3.05, 3.63) is 51.4 Å². The first kappa shape index (κ1) is 22.9. The van der Waals surface area contributed by atoms with E-state index in [-0.39, 0.29) is 16.4 Å². The molecule has 0 unspecified atom stereocenters. The van der Waals surface area contributed by atoms with E-state index in [1.807, 2.05) is 5.32 Å². The molecule has 27 heavy (non-hydrogen) atoms. The predicted molar refractivity (Wildman–Crippen MR) is 107 cm³/mol. The van der Waals surface area contributed by atoms with Crippen LogP contribution >= 0.6 is 67.8 Å². The van der Waals surface area contributed by atoms with Crippen molar-refractivity contribution in [1.82, 2.24) is 0 Å². The standard InChI is InChI=1S/C13H3F5I3NO4S/c14-5-4(6(15)8(17)9(18)7(5)16)13(23)22-11-2(19)1-3(20)12(10(11)21)27(24,25)26/h1H,(H,22,23)(H,24,25,26)/p-1. The summed E-state index contributed by atoms with van der Waals surface area (Å²) in [4.78, 5) is 11.4. The van der Waals surface area contributed by atoms with Crippen LogP contribution in [0.2, 0.25) is 0 Å². The molecule has 146 valence electrons. The quantitative estimate of drug-likeness (QED) is 0.167. The van der Waals surface area contributed by atoms with Crippen LogP contribution in [0.3, 0.4) is 0 Å². The third-order valence-corrected chi connectivity index (χ3v) is 7.49. The number of rotatable bonds is 3. The van der Waals surface area contributed by atoms with Crippen LogP contribution in [0.25, 0.3) is 0 Å². The Morgan fingerprint density at radius 3 is 1.78 bits per heavy atom. The number of halogens is 8. The van der Waals surface area contributed by atoms with Crippen molar-refractivity contribution in [1.29, 1.82) is 0 Å². The Kier molecular flexibility index (Phi) is 6.96. The number of hydrogen-bond acceptors (Lipinski definition) is 4. The molecule has 0 atom stereocenters. The number of hydrogen-bond donors (Lipinski definition) is 1. The van der Waals surface area contributed by atoms with Crippen molar-refractivity contribution < 1.29 is 39.7 Å². The molecule has 0 aliphatic carbocycles. The van der Waals surface area contributed by atoms with E-state index >= 15 is 0 Å². The molecule has 1 amide bonds. The van der Waals surface area contributed by atoms with Gasteiger partial charge >= 0.3 is 0 Å². The molecule has 0 spiro atoms. The van der Waals surface area contributed by atoms with Gasteiger partial charge < -0.3 is 9.87 Å². The zero-order valence-electron chi connectivity index (χ0n) is 12.1. The van der Waals surface area contributed by atoms with Crippen LogP contribution in [0.15, 0.2) is 11.0 Å². The summed E-state index contributed by atoms with van der Waals surface area (Å²) in [5, 5.41) is 1.89. The van der Waals surface area contributed by atoms with Crippen molar-refractivity contribution in [3.63, 3.8) is 0 Å². The highest BCUT2D eigenvalue weighted by atomic mass is 127. The van der Waals surface area contributed by atoms with Gasteiger partial charge in [-0.05, 0) is 73.8 Å². The Balaban J connectivity index is 2.65. The minimum absolute atomic E-state index is 0.0191. The van der Waals surface area contributed by atoms with Gasteiger partial charge in [-0.3, -0.25) is 4.79 Å². The summed E-state index contributed by atoms with van der Waals surface area (Å²) >= 11 is 4.59. The van der Waals surface area contributed by atoms with Crippen LogP contribution < -0.4 is 5.32 Å². The third-order valence-electron chi connectivity index (χ3n) is 3.05. The molecule has 0 saturated carbocycles. The van der Waals surface area contributed by atoms with Crippen LogP contribution in [0.1, 0.15) is 10.4 Å². The van der Waals surface area contributed by atoms with E-state index in [2.05, 4.69) is 0 Å². The minimum Gasteiger partial charge on any atom is -0.744 e. The van der Waals surface area contributed by atoms with Crippen LogP contribution in [0.5, 0.6) is 0 Å². The van der Waals surface area contributed by atoms with Gasteiger partial charge in [-0.1, -0.05) is 0 Å². The van der Waals surface area contributed by atoms with Gasteiger partial charge in [0.15, 0.2) is 23.3 Å². The van der Waals surface area contributed by atoms with Crippen molar-refractivity contribution in [3.8, 4) is 0 Å². The second-order valence-corrected chi connectivity index (χ2v) is 9.43. The summed E-state index contributed by atoms with van der Waals surface area (Å²) in [7, 11) is -4.98. The van der Waals surface area contributed by atoms with Crippen LogP contribution in [0, 0.1) is 39.8 Å². The number of carbonyl (C=O) groups is 1. The summed E-state index contributed by atoms with van der Waals surface area (Å²) in [6, 6.07) is 1.18. The summed E-state index contributed by atoms with van der Waals surface area (Å²) in [5.74, 6) is -13.5. The summed E-state index contributed by atoms with van der Waals surface area (Å²) < 4.78 is 101. The first-order valence-corrected chi connectivity index (χ1v) is 10.9. The molecule has 1 N–H and O–H groups in total. The lowest BCUT2D eigenvalue weighted by atomic mass is 10.1. The van der Waals surface area contributed by atoms with Gasteiger partial charge in [0, 0.05) is 7.14 Å². The first-order chi connectivity index (χ1) is 12.3. The Morgan fingerprint density at radius 2 is 1.33 bits per heavy atom. The molecule has 2 aromatic rings. The second kappa shape index (κ2) is 8.19. The van der Waals surface area contributed by atoms with E-state index in [4.69, 9.17) is 0 Å². The second-order valence-electron chi connectivity index (χ2n) is 4.71. The zero-order valence-corrected chi connectivity index (χ0v) is 19.4. The van der Waals surface area contributed by atoms with Gasteiger partial charge in [-0.25, -0.2) is 30.4 Å². The number of carbonyl (C=O) groups excluding carboxylic acids is 1. The lowest BCUT2D eigenvalue weighted by Gasteiger charge is -2.17. The van der Waals surface area contributed by atoms with Crippen LogP contribution in [-0.2, 0) is 10.1 Å². The summed E-state index contributed by atoms with van der Waals surface area (Å²) in [6.07, 6.45) is 0. The first-order valence-electron chi connectivity index (χ1n) is 6.25. The van der Waals surface area contributed by atoms with E-state index in [9.17, 15) is 39.7 Å². The molecule has 5 nitrogen and oxygen atoms in total. The molecule has 0 aromatic heterocycles. The molecule has 0 heterocycles. The lowest BCUT2D eigenvalue weighted by Crippen LogP contribution is -2.21. The fraction of sp³-hybridized carbons (Fsp3) is 0. The van der Waals surface area contributed by atoms with Gasteiger partial charge in [0.05, 0.1) is 14.2 Å². The molecule has 2 rings (SSSR count). The number of amides is 1. The molecule has 0 bridgehead atoms. The molecule has 0 saturated heterocycles. The molecule has 0 aliphatic rings. The monoisotopic (exact) mass is 744 g/mol. The maximum atomic E-state index is 13.8. The highest BCUT2D eigenvalue weighted by molar-refractivity contribution is 14.1. The Morgan fingerprint density at radius 1 is 0.889 bits per heavy atom. The zero-order chi connectivity index (χ0) is 20.8. The molecule has 0 radical (unpaired) electrons. The van der Waals surface area contributed by atoms with E-state index in [0.29, 0.717) is 0 Å². The average Bonchev–Trinajstić information content (AvgIpc) is 2.53. The summed E-state index contributed by atoms with van der Waals surface area (Å²) in [6.45, 7) is 0. The van der Waals surface area contributed by atoms with Gasteiger partial charge in [-0.15, -0.1) is 0 Å². The number of anilines is 1. The number of benzene rings is 2. The van der Waals surface area contributed by atoms with Crippen LogP contribution in [-0.4, -0.2) is 18.9 Å². The van der Waals surface area contributed by atoms with Crippen LogP contribution in [0.4, 0.5) is 27.6 Å². The third kappa shape index (κ3) is 4.32. The summed E-state index contributed by atoms with van der Waals surface area (Å²) in [5.41, 5.74) is -2.08. The highest BCUT2D eigenvalue weighted by Crippen LogP contribution is 2.35. The molecule has 0 fully saturated rings. The predicted octanol–water partition coefficient (Wildman–Crippen LogP) is 4.35. The molecule has 14 heteroatoms. The Hall–Kier alpha value is -0.340. The fourth-order valence-corrected chi connectivity index (χ4v) is 7.77. The highest BCUT2D eigenvalue weighted by Gasteiger charge is 2.30. The lowest BCUT2D eigenvalue weighted by molar-refractivity contribution is 0.101. The van der Waals surface area contributed by atoms with Gasteiger partial charge in [0.25, 0.3) is 5.91 Å². The largest absolute Gasteiger partial charge is 0.744 e. The maximum absolute atomic E-state index is 13.8. The smallest absolute Gasteiger partial charge is 0.261 e. The molecule has 0 aliphatic heterocycles. The Labute approximate surface area is 189 Å². The molecular formula is C13H2F5I3NO4S-. The van der Waals surface area contributed by atoms with E-state index in [1.165, 1.54) is 28.7 Å². The normalized spacial score (nSPS) is 11.6. The number of nitrogens with one attached hydrogen (secondary N) is 1. The maximum Gasteiger partial charge on any atom is 0.261 e. The average molecular weight is 744 g/mol. The topological polar surface area (TPSA) is 86.3 Å². The SMILES string of the molecule is O=C(Nc1c(I)cc(I)c(S(=O)(=O)[O-])c1I)c1c(F)c(F)c(F)c(F)c1F. The molecule has 2 aromatic carbocycles. The van der Waals surface area contributed by atoms with E-state index in [0.717, 1.165) is 0 Å². The van der Waals surface area contributed by atoms with Crippen molar-refractivity contribution in [2.24, 2.45) is 0 Å². The molecular weight excluding hydrogens is 742 g/mol. The van der Waals surface area contributed by atoms with Gasteiger partial charge in [-0.2, -0.15) is 0 Å². The van der Waals surface area contributed by atoms with E-state index < -0.39 is 55.6 Å².